The number of rotatable bonds is 6. The molecule has 0 spiro atoms. The topological polar surface area (TPSA) is 84.7 Å². The Bertz CT molecular complexity index is 444. The zero-order valence-corrected chi connectivity index (χ0v) is 11.6. The van der Waals surface area contributed by atoms with E-state index in [1.807, 2.05) is 0 Å². The van der Waals surface area contributed by atoms with Gasteiger partial charge in [0.05, 0.1) is 19.2 Å². The van der Waals surface area contributed by atoms with Crippen molar-refractivity contribution < 1.29 is 18.8 Å². The van der Waals surface area contributed by atoms with Crippen LogP contribution in [0.15, 0.2) is 10.6 Å². The Morgan fingerprint density at radius 1 is 1.58 bits per heavy atom. The summed E-state index contributed by atoms with van der Waals surface area (Å²) >= 11 is 0. The summed E-state index contributed by atoms with van der Waals surface area (Å²) in [6, 6.07) is 1.14. The Labute approximate surface area is 111 Å². The van der Waals surface area contributed by atoms with Crippen molar-refractivity contribution in [3.63, 3.8) is 0 Å². The fourth-order valence-electron chi connectivity index (χ4n) is 1.40. The number of nitrogens with one attached hydrogen (secondary N) is 1. The van der Waals surface area contributed by atoms with Crippen LogP contribution in [0.2, 0.25) is 0 Å². The first-order valence-electron chi connectivity index (χ1n) is 6.04. The number of aromatic nitrogens is 1. The van der Waals surface area contributed by atoms with Gasteiger partial charge in [0.1, 0.15) is 5.76 Å². The zero-order chi connectivity index (χ0) is 14.4. The van der Waals surface area contributed by atoms with Crippen molar-refractivity contribution in [1.29, 1.82) is 0 Å². The molecule has 0 saturated heterocycles. The molecule has 1 heterocycles. The van der Waals surface area contributed by atoms with E-state index in [0.29, 0.717) is 18.2 Å². The molecule has 0 saturated carbocycles. The fourth-order valence-corrected chi connectivity index (χ4v) is 1.40. The van der Waals surface area contributed by atoms with Crippen LogP contribution < -0.4 is 5.32 Å². The minimum atomic E-state index is -0.485. The highest BCUT2D eigenvalue weighted by molar-refractivity contribution is 5.94. The minimum absolute atomic E-state index is 0.0558. The molecule has 7 nitrogen and oxygen atoms in total. The van der Waals surface area contributed by atoms with Crippen LogP contribution in [0.25, 0.3) is 0 Å². The predicted octanol–water partition coefficient (Wildman–Crippen LogP) is 0.805. The van der Waals surface area contributed by atoms with Crippen molar-refractivity contribution in [2.45, 2.75) is 26.8 Å². The molecule has 7 heteroatoms. The van der Waals surface area contributed by atoms with Crippen LogP contribution in [-0.2, 0) is 14.3 Å². The molecule has 106 valence electrons. The molecule has 0 aliphatic rings. The molecule has 19 heavy (non-hydrogen) atoms. The fraction of sp³-hybridized carbons (Fsp3) is 0.583. The Morgan fingerprint density at radius 3 is 2.79 bits per heavy atom. The highest BCUT2D eigenvalue weighted by Crippen LogP contribution is 2.08. The van der Waals surface area contributed by atoms with E-state index in [2.05, 4.69) is 10.5 Å². The van der Waals surface area contributed by atoms with Gasteiger partial charge in [-0.2, -0.15) is 0 Å². The number of carbonyl (C=O) groups is 2. The second kappa shape index (κ2) is 6.89. The number of hydrogen-bond donors (Lipinski definition) is 1. The van der Waals surface area contributed by atoms with E-state index in [1.54, 1.807) is 38.8 Å². The van der Waals surface area contributed by atoms with Gasteiger partial charge in [-0.1, -0.05) is 5.16 Å². The average molecular weight is 269 g/mol. The number of ether oxygens (including phenoxy) is 1. The number of likely N-dealkylation sites (N-methyl/N-ethyl adjacent to an activating group) is 1. The Hall–Kier alpha value is -1.89. The number of aryl methyl sites for hydroxylation is 1. The summed E-state index contributed by atoms with van der Waals surface area (Å²) in [5.74, 6) is 0.351. The van der Waals surface area contributed by atoms with Gasteiger partial charge in [-0.15, -0.1) is 0 Å². The smallest absolute Gasteiger partial charge is 0.320 e. The molecule has 1 rings (SSSR count). The van der Waals surface area contributed by atoms with Gasteiger partial charge < -0.3 is 14.6 Å². The molecular formula is C12H19N3O4. The third-order valence-corrected chi connectivity index (χ3v) is 2.60. The molecule has 0 aliphatic heterocycles. The minimum Gasteiger partial charge on any atom is -0.465 e. The molecule has 0 aliphatic carbocycles. The summed E-state index contributed by atoms with van der Waals surface area (Å²) in [5, 5.41) is 6.28. The summed E-state index contributed by atoms with van der Waals surface area (Å²) in [6.07, 6.45) is 0. The normalized spacial score (nSPS) is 12.3. The maximum absolute atomic E-state index is 11.9. The van der Waals surface area contributed by atoms with E-state index < -0.39 is 6.04 Å². The molecule has 1 aromatic rings. The summed E-state index contributed by atoms with van der Waals surface area (Å²) < 4.78 is 9.67. The predicted molar refractivity (Wildman–Crippen MR) is 68.6 cm³/mol. The maximum atomic E-state index is 11.9. The Morgan fingerprint density at radius 2 is 2.26 bits per heavy atom. The van der Waals surface area contributed by atoms with E-state index in [0.717, 1.165) is 0 Å². The number of hydrogen-bond acceptors (Lipinski definition) is 6. The van der Waals surface area contributed by atoms with E-state index in [9.17, 15) is 9.59 Å². The molecule has 0 fully saturated rings. The highest BCUT2D eigenvalue weighted by atomic mass is 16.5. The molecule has 0 radical (unpaired) electrons. The third kappa shape index (κ3) is 4.70. The van der Waals surface area contributed by atoms with Gasteiger partial charge in [-0.05, 0) is 27.8 Å². The Kier molecular flexibility index (Phi) is 5.50. The van der Waals surface area contributed by atoms with E-state index >= 15 is 0 Å². The van der Waals surface area contributed by atoms with E-state index in [1.165, 1.54) is 0 Å². The van der Waals surface area contributed by atoms with Crippen LogP contribution in [0.1, 0.15) is 19.6 Å². The quantitative estimate of drug-likeness (QED) is 0.769. The molecule has 0 bridgehead atoms. The standard InChI is InChI=1S/C12H19N3O4/c1-5-18-11(16)7-15(4)9(3)12(17)13-10-6-8(2)19-14-10/h6,9H,5,7H2,1-4H3,(H,13,14,17)/t9-/m0/s1. The lowest BCUT2D eigenvalue weighted by molar-refractivity contribution is -0.144. The van der Waals surface area contributed by atoms with Crippen LogP contribution in [-0.4, -0.2) is 48.2 Å². The lowest BCUT2D eigenvalue weighted by Crippen LogP contribution is -2.42. The molecular weight excluding hydrogens is 250 g/mol. The molecule has 0 aromatic carbocycles. The molecule has 0 unspecified atom stereocenters. The van der Waals surface area contributed by atoms with Crippen LogP contribution in [0.4, 0.5) is 5.82 Å². The lowest BCUT2D eigenvalue weighted by Gasteiger charge is -2.22. The van der Waals surface area contributed by atoms with Gasteiger partial charge in [0.25, 0.3) is 0 Å². The molecule has 1 aromatic heterocycles. The maximum Gasteiger partial charge on any atom is 0.320 e. The highest BCUT2D eigenvalue weighted by Gasteiger charge is 2.21. The number of carbonyl (C=O) groups excluding carboxylic acids is 2. The van der Waals surface area contributed by atoms with Gasteiger partial charge in [-0.3, -0.25) is 14.5 Å². The molecule has 1 N–H and O–H groups in total. The van der Waals surface area contributed by atoms with Crippen molar-refractivity contribution >= 4 is 17.7 Å². The van der Waals surface area contributed by atoms with Gasteiger partial charge >= 0.3 is 5.97 Å². The first kappa shape index (κ1) is 15.2. The number of anilines is 1. The SMILES string of the molecule is CCOC(=O)CN(C)[C@@H](C)C(=O)Nc1cc(C)on1. The van der Waals surface area contributed by atoms with Crippen molar-refractivity contribution in [2.75, 3.05) is 25.5 Å². The Balaban J connectivity index is 2.49. The summed E-state index contributed by atoms with van der Waals surface area (Å²) in [7, 11) is 1.68. The van der Waals surface area contributed by atoms with Crippen LogP contribution in [0.5, 0.6) is 0 Å². The first-order chi connectivity index (χ1) is 8.93. The molecule has 1 amide bonds. The van der Waals surface area contributed by atoms with Crippen LogP contribution in [0.3, 0.4) is 0 Å². The van der Waals surface area contributed by atoms with Gasteiger partial charge in [0.15, 0.2) is 5.82 Å². The van der Waals surface area contributed by atoms with Crippen molar-refractivity contribution in [2.24, 2.45) is 0 Å². The summed E-state index contributed by atoms with van der Waals surface area (Å²) in [4.78, 5) is 24.8. The number of esters is 1. The second-order valence-electron chi connectivity index (χ2n) is 4.21. The van der Waals surface area contributed by atoms with Crippen molar-refractivity contribution in [3.05, 3.63) is 11.8 Å². The average Bonchev–Trinajstić information content (AvgIpc) is 2.73. The van der Waals surface area contributed by atoms with E-state index in [-0.39, 0.29) is 18.4 Å². The third-order valence-electron chi connectivity index (χ3n) is 2.60. The lowest BCUT2D eigenvalue weighted by atomic mass is 10.2. The monoisotopic (exact) mass is 269 g/mol. The van der Waals surface area contributed by atoms with Crippen molar-refractivity contribution in [1.82, 2.24) is 10.1 Å². The zero-order valence-electron chi connectivity index (χ0n) is 11.6. The van der Waals surface area contributed by atoms with E-state index in [4.69, 9.17) is 9.26 Å². The number of amides is 1. The van der Waals surface area contributed by atoms with Crippen LogP contribution >= 0.6 is 0 Å². The number of nitrogens with zero attached hydrogens (tertiary/aromatic N) is 2. The molecule has 1 atom stereocenters. The second-order valence-corrected chi connectivity index (χ2v) is 4.21. The van der Waals surface area contributed by atoms with Crippen molar-refractivity contribution in [3.8, 4) is 0 Å². The van der Waals surface area contributed by atoms with Gasteiger partial charge in [0, 0.05) is 6.07 Å². The van der Waals surface area contributed by atoms with Gasteiger partial charge in [0.2, 0.25) is 5.91 Å². The summed E-state index contributed by atoms with van der Waals surface area (Å²) in [6.45, 7) is 5.55. The van der Waals surface area contributed by atoms with Gasteiger partial charge in [-0.25, -0.2) is 0 Å². The van der Waals surface area contributed by atoms with Crippen LogP contribution in [0, 0.1) is 6.92 Å². The summed E-state index contributed by atoms with van der Waals surface area (Å²) in [5.41, 5.74) is 0. The largest absolute Gasteiger partial charge is 0.465 e. The first-order valence-corrected chi connectivity index (χ1v) is 6.04.